The van der Waals surface area contributed by atoms with Gasteiger partial charge in [0.25, 0.3) is 0 Å². The minimum Gasteiger partial charge on any atom is -0.377 e. The summed E-state index contributed by atoms with van der Waals surface area (Å²) < 4.78 is 16.6. The molecule has 2 fully saturated rings. The van der Waals surface area contributed by atoms with E-state index in [1.165, 1.54) is 6.08 Å². The lowest BCUT2D eigenvalue weighted by atomic mass is 9.97. The Morgan fingerprint density at radius 3 is 2.45 bits per heavy atom. The Hall–Kier alpha value is -6.28. The standard InChI is InChI=1S/C55H69ClN10O7S/c1-38(62-43-11-7-10-39(32-43)33-49-61-36-46(56)54(64-49)45-35-60-47-13-4-3-12-44(45)47)40-17-19-42(20-18-40)63-51(68)16-8-24-66(2)25-9-21-58-55(70)59-23-27-72-29-31-73-30-28-71-26-22-57-50(67)15-6-5-14-48-53-41(37-74-48)34-52(69)65-53/h3-4,7-8,10-13,16-20,32,35-36,41,48,53,60,62H,1,5-6,9,14-15,21-31,33-34,37H2,2H3,(H,57,67)(H,63,68)(H,65,69)(H2,58,59,70)/b16-8+. The number of hydrogen-bond donors (Lipinski definition) is 7. The number of unbranched alkanes of at least 4 members (excludes halogenated alkanes) is 1. The Labute approximate surface area is 442 Å². The number of likely N-dealkylation sites (N-methyl/N-ethyl adjacent to an activating group) is 1. The van der Waals surface area contributed by atoms with Crippen molar-refractivity contribution in [1.29, 1.82) is 0 Å². The third-order valence-electron chi connectivity index (χ3n) is 12.6. The molecular weight excluding hydrogens is 980 g/mol. The number of nitrogens with zero attached hydrogens (tertiary/aromatic N) is 3. The van der Waals surface area contributed by atoms with Crippen molar-refractivity contribution >= 4 is 75.1 Å². The summed E-state index contributed by atoms with van der Waals surface area (Å²) in [7, 11) is 1.96. The highest BCUT2D eigenvalue weighted by Gasteiger charge is 2.42. The molecular formula is C55H69ClN10O7S. The number of benzene rings is 3. The number of ether oxygens (including phenoxy) is 3. The maximum atomic E-state index is 12.7. The number of amides is 5. The predicted octanol–water partition coefficient (Wildman–Crippen LogP) is 7.41. The number of fused-ring (bicyclic) bond motifs is 2. The van der Waals surface area contributed by atoms with Crippen molar-refractivity contribution in [1.82, 2.24) is 41.1 Å². The molecule has 0 radical (unpaired) electrons. The molecule has 5 aromatic rings. The summed E-state index contributed by atoms with van der Waals surface area (Å²) in [6.07, 6.45) is 12.2. The fourth-order valence-electron chi connectivity index (χ4n) is 8.78. The van der Waals surface area contributed by atoms with Gasteiger partial charge in [0, 0.05) is 109 Å². The van der Waals surface area contributed by atoms with Crippen LogP contribution in [0.25, 0.3) is 27.9 Å². The van der Waals surface area contributed by atoms with E-state index in [-0.39, 0.29) is 23.8 Å². The van der Waals surface area contributed by atoms with Crippen LogP contribution in [0.2, 0.25) is 5.02 Å². The van der Waals surface area contributed by atoms with Crippen LogP contribution >= 0.6 is 23.4 Å². The van der Waals surface area contributed by atoms with Crippen LogP contribution in [0.15, 0.2) is 104 Å². The molecule has 0 saturated carbocycles. The largest absolute Gasteiger partial charge is 0.377 e. The number of aromatic nitrogens is 3. The summed E-state index contributed by atoms with van der Waals surface area (Å²) >= 11 is 8.52. The number of H-pyrrole nitrogens is 1. The molecule has 3 aromatic carbocycles. The first-order valence-electron chi connectivity index (χ1n) is 25.4. The van der Waals surface area contributed by atoms with Gasteiger partial charge in [-0.05, 0) is 86.0 Å². The van der Waals surface area contributed by atoms with Crippen molar-refractivity contribution in [3.8, 4) is 11.3 Å². The predicted molar refractivity (Wildman–Crippen MR) is 294 cm³/mol. The summed E-state index contributed by atoms with van der Waals surface area (Å²) in [6.45, 7) is 9.33. The van der Waals surface area contributed by atoms with Gasteiger partial charge in [0.05, 0.1) is 50.4 Å². The number of anilines is 2. The van der Waals surface area contributed by atoms with Gasteiger partial charge >= 0.3 is 6.03 Å². The minimum absolute atomic E-state index is 0.0347. The number of aromatic amines is 1. The van der Waals surface area contributed by atoms with Crippen LogP contribution in [0.3, 0.4) is 0 Å². The maximum Gasteiger partial charge on any atom is 0.314 e. The molecule has 3 unspecified atom stereocenters. The second kappa shape index (κ2) is 29.6. The Bertz CT molecular complexity index is 2670. The van der Waals surface area contributed by atoms with Gasteiger partial charge in [-0.3, -0.25) is 14.4 Å². The zero-order valence-electron chi connectivity index (χ0n) is 42.1. The highest BCUT2D eigenvalue weighted by molar-refractivity contribution is 8.00. The molecule has 0 spiro atoms. The number of hydrogen-bond acceptors (Lipinski definition) is 12. The second-order valence-electron chi connectivity index (χ2n) is 18.3. The normalized spacial score (nSPS) is 16.1. The van der Waals surface area contributed by atoms with Crippen LogP contribution in [0, 0.1) is 5.92 Å². The van der Waals surface area contributed by atoms with Crippen molar-refractivity contribution < 1.29 is 33.4 Å². The lowest BCUT2D eigenvalue weighted by molar-refractivity contribution is -0.121. The Kier molecular flexibility index (Phi) is 22.2. The minimum atomic E-state index is -0.257. The molecule has 2 aliphatic heterocycles. The SMILES string of the molecule is C=C(Nc1cccc(Cc2ncc(Cl)c(-c3c[nH]c4ccccc34)n2)c1)c1ccc(NC(=O)/C=C/CN(C)CCCNC(=O)NCCOCCOCCOCCNC(=O)CCCCC2SCC3CC(=O)NC32)cc1. The molecule has 0 aliphatic carbocycles. The first kappa shape index (κ1) is 55.5. The van der Waals surface area contributed by atoms with E-state index in [1.54, 1.807) is 6.20 Å². The zero-order valence-corrected chi connectivity index (χ0v) is 43.7. The Morgan fingerprint density at radius 1 is 0.878 bits per heavy atom. The number of carbonyl (C=O) groups excluding carboxylic acids is 4. The molecule has 2 aliphatic rings. The third kappa shape index (κ3) is 18.0. The van der Waals surface area contributed by atoms with Gasteiger partial charge < -0.3 is 56.0 Å². The van der Waals surface area contributed by atoms with Crippen molar-refractivity contribution in [2.45, 2.75) is 56.2 Å². The maximum absolute atomic E-state index is 12.7. The van der Waals surface area contributed by atoms with Crippen LogP contribution in [0.4, 0.5) is 16.2 Å². The fraction of sp³-hybridized carbons (Fsp3) is 0.418. The van der Waals surface area contributed by atoms with E-state index in [2.05, 4.69) is 53.3 Å². The van der Waals surface area contributed by atoms with Gasteiger partial charge in [-0.15, -0.1) is 0 Å². The van der Waals surface area contributed by atoms with Crippen molar-refractivity contribution in [3.63, 3.8) is 0 Å². The topological polar surface area (TPSA) is 213 Å². The van der Waals surface area contributed by atoms with Crippen molar-refractivity contribution in [3.05, 3.63) is 126 Å². The molecule has 3 atom stereocenters. The highest BCUT2D eigenvalue weighted by atomic mass is 35.5. The number of nitrogens with one attached hydrogen (secondary N) is 7. The van der Waals surface area contributed by atoms with E-state index in [4.69, 9.17) is 30.8 Å². The van der Waals surface area contributed by atoms with Crippen LogP contribution in [0.5, 0.6) is 0 Å². The summed E-state index contributed by atoms with van der Waals surface area (Å²) in [6, 6.07) is 23.6. The van der Waals surface area contributed by atoms with Gasteiger partial charge in [0.15, 0.2) is 0 Å². The molecule has 7 rings (SSSR count). The van der Waals surface area contributed by atoms with E-state index >= 15 is 0 Å². The summed E-state index contributed by atoms with van der Waals surface area (Å²) in [5.74, 6) is 2.18. The van der Waals surface area contributed by atoms with Crippen LogP contribution in [-0.2, 0) is 35.0 Å². The van der Waals surface area contributed by atoms with Gasteiger partial charge in [-0.1, -0.05) is 73.1 Å². The number of para-hydroxylation sites is 1. The molecule has 2 saturated heterocycles. The molecule has 5 amide bonds. The number of carbonyl (C=O) groups is 4. The molecule has 394 valence electrons. The quantitative estimate of drug-likeness (QED) is 0.0171. The average molecular weight is 1050 g/mol. The molecule has 19 heteroatoms. The lowest BCUT2D eigenvalue weighted by Crippen LogP contribution is -2.38. The summed E-state index contributed by atoms with van der Waals surface area (Å²) in [5.41, 5.74) is 6.79. The van der Waals surface area contributed by atoms with Crippen LogP contribution < -0.4 is 31.9 Å². The average Bonchev–Trinajstić information content (AvgIpc) is 4.11. The number of halogens is 1. The number of urea groups is 1. The van der Waals surface area contributed by atoms with Crippen molar-refractivity contribution in [2.24, 2.45) is 5.92 Å². The third-order valence-corrected chi connectivity index (χ3v) is 14.5. The smallest absolute Gasteiger partial charge is 0.314 e. The van der Waals surface area contributed by atoms with E-state index in [0.29, 0.717) is 130 Å². The molecule has 2 aromatic heterocycles. The number of rotatable bonds is 31. The van der Waals surface area contributed by atoms with Gasteiger partial charge in [-0.2, -0.15) is 11.8 Å². The monoisotopic (exact) mass is 1050 g/mol. The van der Waals surface area contributed by atoms with Gasteiger partial charge in [-0.25, -0.2) is 14.8 Å². The second-order valence-corrected chi connectivity index (χ2v) is 20.0. The first-order chi connectivity index (χ1) is 36.1. The zero-order chi connectivity index (χ0) is 51.9. The first-order valence-corrected chi connectivity index (χ1v) is 26.8. The lowest BCUT2D eigenvalue weighted by Gasteiger charge is -2.17. The van der Waals surface area contributed by atoms with E-state index in [1.807, 2.05) is 104 Å². The van der Waals surface area contributed by atoms with Crippen molar-refractivity contribution in [2.75, 3.05) is 95.8 Å². The molecule has 74 heavy (non-hydrogen) atoms. The van der Waals surface area contributed by atoms with E-state index in [9.17, 15) is 19.2 Å². The highest BCUT2D eigenvalue weighted by Crippen LogP contribution is 2.39. The van der Waals surface area contributed by atoms with Crippen LogP contribution in [-0.4, -0.2) is 140 Å². The summed E-state index contributed by atoms with van der Waals surface area (Å²) in [5, 5.41) is 20.0. The van der Waals surface area contributed by atoms with Gasteiger partial charge in [0.1, 0.15) is 5.82 Å². The molecule has 17 nitrogen and oxygen atoms in total. The summed E-state index contributed by atoms with van der Waals surface area (Å²) in [4.78, 5) is 63.3. The molecule has 4 heterocycles. The van der Waals surface area contributed by atoms with E-state index < -0.39 is 0 Å². The Balaban J connectivity index is 0.654. The molecule has 7 N–H and O–H groups in total. The number of thioether (sulfide) groups is 1. The van der Waals surface area contributed by atoms with Crippen LogP contribution in [0.1, 0.15) is 55.5 Å². The molecule has 0 bridgehead atoms. The fourth-order valence-corrected chi connectivity index (χ4v) is 10.6. The van der Waals surface area contributed by atoms with Gasteiger partial charge in [0.2, 0.25) is 17.7 Å². The Morgan fingerprint density at radius 2 is 1.64 bits per heavy atom. The van der Waals surface area contributed by atoms with E-state index in [0.717, 1.165) is 71.3 Å².